The summed E-state index contributed by atoms with van der Waals surface area (Å²) in [7, 11) is 1.44. The van der Waals surface area contributed by atoms with Crippen LogP contribution in [0.2, 0.25) is 0 Å². The Hall–Kier alpha value is -0.160. The van der Waals surface area contributed by atoms with E-state index in [1.165, 1.54) is 7.05 Å². The Morgan fingerprint density at radius 1 is 1.30 bits per heavy atom. The molecule has 0 heterocycles. The minimum atomic E-state index is -2.66. The van der Waals surface area contributed by atoms with Crippen LogP contribution in [0.3, 0.4) is 0 Å². The van der Waals surface area contributed by atoms with Gasteiger partial charge in [0, 0.05) is 6.54 Å². The predicted octanol–water partition coefficient (Wildman–Crippen LogP) is -0.694. The average molecular weight is 149 g/mol. The Morgan fingerprint density at radius 2 is 1.80 bits per heavy atom. The highest BCUT2D eigenvalue weighted by molar-refractivity contribution is 4.50. The second-order valence-electron chi connectivity index (χ2n) is 2.38. The first-order chi connectivity index (χ1) is 4.48. The van der Waals surface area contributed by atoms with Gasteiger partial charge < -0.3 is 15.3 Å². The van der Waals surface area contributed by atoms with Gasteiger partial charge in [-0.15, -0.1) is 0 Å². The standard InChI is InChI=1S/C6H15NO3/c1-3-4-5-7(2)6(8,9)10/h8-10H,3-5H2,1-2H3. The molecule has 0 aliphatic rings. The zero-order valence-corrected chi connectivity index (χ0v) is 6.41. The molecule has 0 aromatic carbocycles. The van der Waals surface area contributed by atoms with Crippen LogP contribution in [0.5, 0.6) is 0 Å². The van der Waals surface area contributed by atoms with Crippen molar-refractivity contribution >= 4 is 0 Å². The Morgan fingerprint density at radius 3 is 2.10 bits per heavy atom. The lowest BCUT2D eigenvalue weighted by Gasteiger charge is -2.25. The molecule has 0 saturated heterocycles. The Kier molecular flexibility index (Phi) is 3.81. The third kappa shape index (κ3) is 3.79. The predicted molar refractivity (Wildman–Crippen MR) is 36.9 cm³/mol. The molecule has 62 valence electrons. The van der Waals surface area contributed by atoms with Crippen molar-refractivity contribution in [2.45, 2.75) is 25.9 Å². The molecule has 0 rings (SSSR count). The van der Waals surface area contributed by atoms with Gasteiger partial charge in [-0.1, -0.05) is 13.3 Å². The smallest absolute Gasteiger partial charge is 0.330 e. The summed E-state index contributed by atoms with van der Waals surface area (Å²) in [4.78, 5) is 1.07. The molecule has 0 aliphatic heterocycles. The van der Waals surface area contributed by atoms with Crippen molar-refractivity contribution in [2.75, 3.05) is 13.6 Å². The maximum atomic E-state index is 8.55. The van der Waals surface area contributed by atoms with E-state index in [9.17, 15) is 0 Å². The summed E-state index contributed by atoms with van der Waals surface area (Å²) in [6.45, 7) is 2.46. The first-order valence-electron chi connectivity index (χ1n) is 3.36. The Balaban J connectivity index is 3.52. The van der Waals surface area contributed by atoms with Crippen LogP contribution in [0.4, 0.5) is 0 Å². The molecule has 4 heteroatoms. The SMILES string of the molecule is CCCCN(C)C(O)(O)O. The fraction of sp³-hybridized carbons (Fsp3) is 1.00. The molecule has 0 amide bonds. The van der Waals surface area contributed by atoms with E-state index < -0.39 is 6.10 Å². The lowest BCUT2D eigenvalue weighted by Crippen LogP contribution is -2.46. The molecule has 0 saturated carbocycles. The van der Waals surface area contributed by atoms with Crippen LogP contribution in [-0.2, 0) is 0 Å². The highest BCUT2D eigenvalue weighted by Gasteiger charge is 2.23. The first kappa shape index (κ1) is 9.84. The topological polar surface area (TPSA) is 63.9 Å². The summed E-state index contributed by atoms with van der Waals surface area (Å²) < 4.78 is 0. The van der Waals surface area contributed by atoms with Crippen LogP contribution in [0.25, 0.3) is 0 Å². The van der Waals surface area contributed by atoms with Crippen molar-refractivity contribution in [3.8, 4) is 0 Å². The molecular weight excluding hydrogens is 134 g/mol. The fourth-order valence-corrected chi connectivity index (χ4v) is 0.545. The Bertz CT molecular complexity index is 89.5. The van der Waals surface area contributed by atoms with E-state index in [0.717, 1.165) is 17.7 Å². The van der Waals surface area contributed by atoms with Crippen molar-refractivity contribution in [1.29, 1.82) is 0 Å². The number of hydrogen-bond donors (Lipinski definition) is 3. The van der Waals surface area contributed by atoms with Gasteiger partial charge >= 0.3 is 6.10 Å². The van der Waals surface area contributed by atoms with Crippen molar-refractivity contribution in [3.63, 3.8) is 0 Å². The largest absolute Gasteiger partial charge is 0.345 e. The van der Waals surface area contributed by atoms with Gasteiger partial charge in [0.2, 0.25) is 0 Å². The number of aliphatic hydroxyl groups is 3. The molecule has 0 spiro atoms. The summed E-state index contributed by atoms with van der Waals surface area (Å²) in [5, 5.41) is 25.6. The lowest BCUT2D eigenvalue weighted by atomic mass is 10.3. The lowest BCUT2D eigenvalue weighted by molar-refractivity contribution is -0.387. The second kappa shape index (κ2) is 3.88. The second-order valence-corrected chi connectivity index (χ2v) is 2.38. The summed E-state index contributed by atoms with van der Waals surface area (Å²) in [6, 6.07) is 0. The summed E-state index contributed by atoms with van der Waals surface area (Å²) in [5.74, 6) is 0. The van der Waals surface area contributed by atoms with Gasteiger partial charge in [-0.3, -0.25) is 0 Å². The number of unbranched alkanes of at least 4 members (excludes halogenated alkanes) is 1. The molecule has 0 aromatic rings. The molecule has 0 aromatic heterocycles. The van der Waals surface area contributed by atoms with E-state index in [4.69, 9.17) is 15.3 Å². The van der Waals surface area contributed by atoms with Crippen molar-refractivity contribution in [1.82, 2.24) is 4.90 Å². The molecule has 4 nitrogen and oxygen atoms in total. The van der Waals surface area contributed by atoms with Gasteiger partial charge in [-0.25, -0.2) is 4.90 Å². The van der Waals surface area contributed by atoms with E-state index in [-0.39, 0.29) is 0 Å². The molecule has 0 fully saturated rings. The number of hydrogen-bond acceptors (Lipinski definition) is 4. The van der Waals surface area contributed by atoms with Crippen LogP contribution < -0.4 is 0 Å². The van der Waals surface area contributed by atoms with E-state index in [1.54, 1.807) is 0 Å². The van der Waals surface area contributed by atoms with E-state index in [0.29, 0.717) is 6.54 Å². The average Bonchev–Trinajstić information content (AvgIpc) is 1.80. The highest BCUT2D eigenvalue weighted by atomic mass is 16.7. The molecule has 0 bridgehead atoms. The maximum absolute atomic E-state index is 8.55. The number of nitrogens with zero attached hydrogens (tertiary/aromatic N) is 1. The number of rotatable bonds is 4. The van der Waals surface area contributed by atoms with Crippen LogP contribution in [0.1, 0.15) is 19.8 Å². The van der Waals surface area contributed by atoms with Gasteiger partial charge in [-0.05, 0) is 13.5 Å². The van der Waals surface area contributed by atoms with E-state index >= 15 is 0 Å². The fourth-order valence-electron chi connectivity index (χ4n) is 0.545. The third-order valence-corrected chi connectivity index (χ3v) is 1.36. The molecule has 0 radical (unpaired) electrons. The van der Waals surface area contributed by atoms with Crippen molar-refractivity contribution in [2.24, 2.45) is 0 Å². The molecule has 0 unspecified atom stereocenters. The van der Waals surface area contributed by atoms with E-state index in [2.05, 4.69) is 0 Å². The summed E-state index contributed by atoms with van der Waals surface area (Å²) >= 11 is 0. The van der Waals surface area contributed by atoms with Gasteiger partial charge in [0.15, 0.2) is 0 Å². The molecular formula is C6H15NO3. The van der Waals surface area contributed by atoms with Gasteiger partial charge in [0.05, 0.1) is 0 Å². The minimum absolute atomic E-state index is 0.472. The zero-order valence-electron chi connectivity index (χ0n) is 6.41. The third-order valence-electron chi connectivity index (χ3n) is 1.36. The normalized spacial score (nSPS) is 12.6. The zero-order chi connectivity index (χ0) is 8.20. The van der Waals surface area contributed by atoms with Gasteiger partial charge in [0.25, 0.3) is 0 Å². The van der Waals surface area contributed by atoms with Crippen molar-refractivity contribution < 1.29 is 15.3 Å². The van der Waals surface area contributed by atoms with E-state index in [1.807, 2.05) is 6.92 Å². The monoisotopic (exact) mass is 149 g/mol. The van der Waals surface area contributed by atoms with Crippen LogP contribution in [0, 0.1) is 0 Å². The minimum Gasteiger partial charge on any atom is -0.330 e. The molecule has 0 aliphatic carbocycles. The van der Waals surface area contributed by atoms with Crippen LogP contribution in [0.15, 0.2) is 0 Å². The highest BCUT2D eigenvalue weighted by Crippen LogP contribution is 2.01. The summed E-state index contributed by atoms with van der Waals surface area (Å²) in [6.07, 6.45) is -0.866. The first-order valence-corrected chi connectivity index (χ1v) is 3.36. The maximum Gasteiger partial charge on any atom is 0.345 e. The van der Waals surface area contributed by atoms with Crippen LogP contribution >= 0.6 is 0 Å². The summed E-state index contributed by atoms with van der Waals surface area (Å²) in [5.41, 5.74) is 0. The van der Waals surface area contributed by atoms with Crippen molar-refractivity contribution in [3.05, 3.63) is 0 Å². The quantitative estimate of drug-likeness (QED) is 0.463. The van der Waals surface area contributed by atoms with Crippen LogP contribution in [-0.4, -0.2) is 39.9 Å². The Labute approximate surface area is 60.7 Å². The molecule has 10 heavy (non-hydrogen) atoms. The van der Waals surface area contributed by atoms with Gasteiger partial charge in [-0.2, -0.15) is 0 Å². The van der Waals surface area contributed by atoms with Gasteiger partial charge in [0.1, 0.15) is 0 Å². The molecule has 0 atom stereocenters. The molecule has 3 N–H and O–H groups in total.